The summed E-state index contributed by atoms with van der Waals surface area (Å²) in [7, 11) is 1.66. The Morgan fingerprint density at radius 2 is 2.21 bits per heavy atom. The van der Waals surface area contributed by atoms with Crippen molar-refractivity contribution in [2.24, 2.45) is 0 Å². The quantitative estimate of drug-likeness (QED) is 0.828. The summed E-state index contributed by atoms with van der Waals surface area (Å²) in [6.07, 6.45) is 3.21. The number of nitrogens with one attached hydrogen (secondary N) is 1. The molecular formula is C15H21NO3. The number of carbonyl (C=O) groups is 1. The minimum atomic E-state index is -0.727. The van der Waals surface area contributed by atoms with Crippen LogP contribution in [0.1, 0.15) is 36.8 Å². The van der Waals surface area contributed by atoms with E-state index in [1.807, 2.05) is 19.1 Å². The molecule has 1 fully saturated rings. The number of hydrogen-bond acceptors (Lipinski definition) is 3. The topological polar surface area (TPSA) is 58.6 Å². The Balaban J connectivity index is 2.04. The van der Waals surface area contributed by atoms with E-state index in [2.05, 4.69) is 11.4 Å². The first-order chi connectivity index (χ1) is 9.06. The van der Waals surface area contributed by atoms with Gasteiger partial charge in [-0.2, -0.15) is 0 Å². The zero-order valence-electron chi connectivity index (χ0n) is 11.5. The molecule has 0 amide bonds. The summed E-state index contributed by atoms with van der Waals surface area (Å²) in [5.41, 5.74) is 2.07. The van der Waals surface area contributed by atoms with Crippen LogP contribution in [-0.2, 0) is 11.3 Å². The van der Waals surface area contributed by atoms with E-state index in [1.165, 1.54) is 0 Å². The van der Waals surface area contributed by atoms with Gasteiger partial charge in [-0.15, -0.1) is 0 Å². The van der Waals surface area contributed by atoms with Crippen LogP contribution in [0.15, 0.2) is 18.2 Å². The first-order valence-electron chi connectivity index (χ1n) is 6.66. The standard InChI is InChI=1S/C15H21NO3/c1-11-12(5-3-6-13(11)19-2)10-16-15(7-4-8-15)9-14(17)18/h3,5-6,16H,4,7-10H2,1-2H3,(H,17,18). The number of ether oxygens (including phenoxy) is 1. The second-order valence-corrected chi connectivity index (χ2v) is 5.30. The number of methoxy groups -OCH3 is 1. The third-order valence-corrected chi connectivity index (χ3v) is 4.07. The average molecular weight is 263 g/mol. The molecule has 0 bridgehead atoms. The van der Waals surface area contributed by atoms with E-state index in [0.717, 1.165) is 36.1 Å². The van der Waals surface area contributed by atoms with Crippen LogP contribution in [0.4, 0.5) is 0 Å². The first kappa shape index (κ1) is 13.9. The maximum absolute atomic E-state index is 10.9. The number of benzene rings is 1. The van der Waals surface area contributed by atoms with Crippen molar-refractivity contribution in [2.45, 2.75) is 44.7 Å². The minimum absolute atomic E-state index is 0.204. The van der Waals surface area contributed by atoms with Crippen molar-refractivity contribution in [2.75, 3.05) is 7.11 Å². The Hall–Kier alpha value is -1.55. The average Bonchev–Trinajstić information content (AvgIpc) is 2.33. The van der Waals surface area contributed by atoms with Gasteiger partial charge >= 0.3 is 5.97 Å². The van der Waals surface area contributed by atoms with Gasteiger partial charge in [0.25, 0.3) is 0 Å². The monoisotopic (exact) mass is 263 g/mol. The molecule has 19 heavy (non-hydrogen) atoms. The van der Waals surface area contributed by atoms with Gasteiger partial charge in [0.1, 0.15) is 5.75 Å². The largest absolute Gasteiger partial charge is 0.496 e. The first-order valence-corrected chi connectivity index (χ1v) is 6.66. The van der Waals surface area contributed by atoms with E-state index in [9.17, 15) is 4.79 Å². The van der Waals surface area contributed by atoms with Crippen molar-refractivity contribution >= 4 is 5.97 Å². The number of rotatable bonds is 6. The molecule has 1 aromatic carbocycles. The fraction of sp³-hybridized carbons (Fsp3) is 0.533. The van der Waals surface area contributed by atoms with Gasteiger partial charge in [0.05, 0.1) is 13.5 Å². The molecule has 0 aromatic heterocycles. The van der Waals surface area contributed by atoms with Crippen molar-refractivity contribution in [1.29, 1.82) is 0 Å². The second-order valence-electron chi connectivity index (χ2n) is 5.30. The van der Waals surface area contributed by atoms with Gasteiger partial charge in [0, 0.05) is 12.1 Å². The fourth-order valence-corrected chi connectivity index (χ4v) is 2.66. The Bertz CT molecular complexity index is 466. The molecule has 0 radical (unpaired) electrons. The molecule has 0 aliphatic heterocycles. The Morgan fingerprint density at radius 1 is 1.47 bits per heavy atom. The lowest BCUT2D eigenvalue weighted by atomic mass is 9.74. The lowest BCUT2D eigenvalue weighted by Crippen LogP contribution is -2.51. The van der Waals surface area contributed by atoms with Crippen LogP contribution >= 0.6 is 0 Å². The van der Waals surface area contributed by atoms with Crippen molar-refractivity contribution in [1.82, 2.24) is 5.32 Å². The molecule has 104 valence electrons. The molecule has 0 saturated heterocycles. The van der Waals surface area contributed by atoms with E-state index in [1.54, 1.807) is 7.11 Å². The lowest BCUT2D eigenvalue weighted by Gasteiger charge is -2.42. The van der Waals surface area contributed by atoms with Gasteiger partial charge in [-0.3, -0.25) is 4.79 Å². The summed E-state index contributed by atoms with van der Waals surface area (Å²) in [6.45, 7) is 2.72. The Morgan fingerprint density at radius 3 is 2.74 bits per heavy atom. The maximum Gasteiger partial charge on any atom is 0.305 e. The highest BCUT2D eigenvalue weighted by Crippen LogP contribution is 2.35. The molecule has 4 heteroatoms. The van der Waals surface area contributed by atoms with Gasteiger partial charge in [-0.1, -0.05) is 12.1 Å². The molecule has 2 N–H and O–H groups in total. The SMILES string of the molecule is COc1cccc(CNC2(CC(=O)O)CCC2)c1C. The van der Waals surface area contributed by atoms with Crippen molar-refractivity contribution < 1.29 is 14.6 Å². The molecule has 1 aromatic rings. The number of aliphatic carboxylic acids is 1. The Kier molecular flexibility index (Phi) is 4.10. The van der Waals surface area contributed by atoms with Crippen molar-refractivity contribution in [3.63, 3.8) is 0 Å². The molecule has 1 aliphatic carbocycles. The fourth-order valence-electron chi connectivity index (χ4n) is 2.66. The summed E-state index contributed by atoms with van der Waals surface area (Å²) in [4.78, 5) is 10.9. The predicted molar refractivity (Wildman–Crippen MR) is 73.4 cm³/mol. The third kappa shape index (κ3) is 3.07. The van der Waals surface area contributed by atoms with Crippen LogP contribution in [0.25, 0.3) is 0 Å². The van der Waals surface area contributed by atoms with Gasteiger partial charge in [0.2, 0.25) is 0 Å². The molecular weight excluding hydrogens is 242 g/mol. The summed E-state index contributed by atoms with van der Waals surface area (Å²) < 4.78 is 5.30. The molecule has 0 spiro atoms. The summed E-state index contributed by atoms with van der Waals surface area (Å²) >= 11 is 0. The normalized spacial score (nSPS) is 16.7. The summed E-state index contributed by atoms with van der Waals surface area (Å²) in [6, 6.07) is 5.96. The second kappa shape index (κ2) is 5.61. The van der Waals surface area contributed by atoms with Gasteiger partial charge < -0.3 is 15.2 Å². The third-order valence-electron chi connectivity index (χ3n) is 4.07. The molecule has 1 aliphatic rings. The van der Waals surface area contributed by atoms with Gasteiger partial charge in [0.15, 0.2) is 0 Å². The van der Waals surface area contributed by atoms with Gasteiger partial charge in [-0.25, -0.2) is 0 Å². The minimum Gasteiger partial charge on any atom is -0.496 e. The molecule has 4 nitrogen and oxygen atoms in total. The van der Waals surface area contributed by atoms with Crippen molar-refractivity contribution in [3.8, 4) is 5.75 Å². The highest BCUT2D eigenvalue weighted by molar-refractivity contribution is 5.68. The molecule has 1 saturated carbocycles. The number of hydrogen-bond donors (Lipinski definition) is 2. The smallest absolute Gasteiger partial charge is 0.305 e. The van der Waals surface area contributed by atoms with Gasteiger partial charge in [-0.05, 0) is 43.4 Å². The summed E-state index contributed by atoms with van der Waals surface area (Å²) in [5, 5.41) is 12.4. The summed E-state index contributed by atoms with van der Waals surface area (Å²) in [5.74, 6) is 0.148. The highest BCUT2D eigenvalue weighted by Gasteiger charge is 2.38. The van der Waals surface area contributed by atoms with E-state index in [-0.39, 0.29) is 12.0 Å². The van der Waals surface area contributed by atoms with E-state index in [0.29, 0.717) is 6.54 Å². The zero-order chi connectivity index (χ0) is 13.9. The Labute approximate surface area is 113 Å². The van der Waals surface area contributed by atoms with Crippen LogP contribution in [-0.4, -0.2) is 23.7 Å². The van der Waals surface area contributed by atoms with Crippen LogP contribution in [0.3, 0.4) is 0 Å². The molecule has 0 atom stereocenters. The number of carboxylic acid groups (broad SMARTS) is 1. The molecule has 2 rings (SSSR count). The highest BCUT2D eigenvalue weighted by atomic mass is 16.5. The number of carboxylic acids is 1. The van der Waals surface area contributed by atoms with E-state index in [4.69, 9.17) is 9.84 Å². The van der Waals surface area contributed by atoms with Crippen molar-refractivity contribution in [3.05, 3.63) is 29.3 Å². The zero-order valence-corrected chi connectivity index (χ0v) is 11.5. The van der Waals surface area contributed by atoms with E-state index < -0.39 is 5.97 Å². The maximum atomic E-state index is 10.9. The molecule has 0 heterocycles. The lowest BCUT2D eigenvalue weighted by molar-refractivity contribution is -0.139. The van der Waals surface area contributed by atoms with E-state index >= 15 is 0 Å². The molecule has 0 unspecified atom stereocenters. The van der Waals surface area contributed by atoms with Crippen LogP contribution in [0.2, 0.25) is 0 Å². The van der Waals surface area contributed by atoms with Crippen LogP contribution in [0.5, 0.6) is 5.75 Å². The van der Waals surface area contributed by atoms with Crippen LogP contribution in [0, 0.1) is 6.92 Å². The van der Waals surface area contributed by atoms with Crippen LogP contribution < -0.4 is 10.1 Å². The predicted octanol–water partition coefficient (Wildman–Crippen LogP) is 2.49.